The lowest BCUT2D eigenvalue weighted by molar-refractivity contribution is 0.102. The molecule has 1 aromatic carbocycles. The van der Waals surface area contributed by atoms with Gasteiger partial charge in [0.15, 0.2) is 0 Å². The predicted octanol–water partition coefficient (Wildman–Crippen LogP) is 4.56. The van der Waals surface area contributed by atoms with E-state index in [1.54, 1.807) is 34.5 Å². The van der Waals surface area contributed by atoms with Gasteiger partial charge < -0.3 is 5.32 Å². The number of rotatable bonds is 4. The van der Waals surface area contributed by atoms with Crippen LogP contribution in [-0.2, 0) is 0 Å². The molecule has 0 radical (unpaired) electrons. The average molecular weight is 360 g/mol. The van der Waals surface area contributed by atoms with Crippen LogP contribution < -0.4 is 5.32 Å². The molecule has 0 aliphatic carbocycles. The van der Waals surface area contributed by atoms with Gasteiger partial charge in [0.1, 0.15) is 5.69 Å². The number of aromatic nitrogens is 3. The Kier molecular flexibility index (Phi) is 4.33. The molecule has 0 atom stereocenters. The number of nitrogens with one attached hydrogen (secondary N) is 1. The van der Waals surface area contributed by atoms with Crippen LogP contribution in [-0.4, -0.2) is 20.7 Å². The van der Waals surface area contributed by atoms with E-state index in [0.29, 0.717) is 16.9 Å². The maximum atomic E-state index is 12.9. The van der Waals surface area contributed by atoms with Gasteiger partial charge in [-0.2, -0.15) is 5.10 Å². The van der Waals surface area contributed by atoms with Crippen molar-refractivity contribution in [3.63, 3.8) is 0 Å². The molecule has 128 valence electrons. The highest BCUT2D eigenvalue weighted by molar-refractivity contribution is 7.13. The molecule has 3 aromatic heterocycles. The number of anilines is 1. The predicted molar refractivity (Wildman–Crippen MR) is 104 cm³/mol. The molecule has 5 nitrogen and oxygen atoms in total. The van der Waals surface area contributed by atoms with E-state index in [4.69, 9.17) is 0 Å². The molecule has 0 saturated carbocycles. The lowest BCUT2D eigenvalue weighted by Crippen LogP contribution is -2.12. The topological polar surface area (TPSA) is 59.8 Å². The number of hydrogen-bond acceptors (Lipinski definition) is 4. The Labute approximate surface area is 155 Å². The SMILES string of the molecule is Cc1cc(NC(=O)c2cn(-c3ccccc3)nc2-c2cccs2)ccn1. The Morgan fingerprint density at radius 2 is 1.96 bits per heavy atom. The number of benzene rings is 1. The van der Waals surface area contributed by atoms with E-state index in [1.165, 1.54) is 0 Å². The number of pyridine rings is 1. The van der Waals surface area contributed by atoms with E-state index in [1.807, 2.05) is 60.8 Å². The Hall–Kier alpha value is -3.25. The summed E-state index contributed by atoms with van der Waals surface area (Å²) in [5.74, 6) is -0.193. The number of para-hydroxylation sites is 1. The fourth-order valence-electron chi connectivity index (χ4n) is 2.67. The minimum absolute atomic E-state index is 0.193. The van der Waals surface area contributed by atoms with Gasteiger partial charge in [-0.15, -0.1) is 11.3 Å². The number of carbonyl (C=O) groups is 1. The Morgan fingerprint density at radius 3 is 2.69 bits per heavy atom. The van der Waals surface area contributed by atoms with Crippen molar-refractivity contribution >= 4 is 22.9 Å². The van der Waals surface area contributed by atoms with Crippen LogP contribution in [0.1, 0.15) is 16.1 Å². The van der Waals surface area contributed by atoms with Crippen molar-refractivity contribution in [2.24, 2.45) is 0 Å². The number of aryl methyl sites for hydroxylation is 1. The second-order valence-corrected chi connectivity index (χ2v) is 6.74. The zero-order chi connectivity index (χ0) is 17.9. The fourth-order valence-corrected chi connectivity index (χ4v) is 3.39. The van der Waals surface area contributed by atoms with Crippen LogP contribution in [0.2, 0.25) is 0 Å². The van der Waals surface area contributed by atoms with Crippen LogP contribution >= 0.6 is 11.3 Å². The zero-order valence-electron chi connectivity index (χ0n) is 14.1. The summed E-state index contributed by atoms with van der Waals surface area (Å²) >= 11 is 1.56. The summed E-state index contributed by atoms with van der Waals surface area (Å²) in [7, 11) is 0. The van der Waals surface area contributed by atoms with E-state index in [2.05, 4.69) is 15.4 Å². The van der Waals surface area contributed by atoms with Crippen LogP contribution in [0.4, 0.5) is 5.69 Å². The summed E-state index contributed by atoms with van der Waals surface area (Å²) in [4.78, 5) is 18.0. The number of hydrogen-bond donors (Lipinski definition) is 1. The summed E-state index contributed by atoms with van der Waals surface area (Å²) < 4.78 is 1.74. The van der Waals surface area contributed by atoms with Crippen molar-refractivity contribution in [3.8, 4) is 16.3 Å². The number of nitrogens with zero attached hydrogens (tertiary/aromatic N) is 3. The summed E-state index contributed by atoms with van der Waals surface area (Å²) in [6.45, 7) is 1.89. The first-order chi connectivity index (χ1) is 12.7. The molecule has 0 aliphatic rings. The van der Waals surface area contributed by atoms with Gasteiger partial charge in [0.25, 0.3) is 5.91 Å². The first-order valence-corrected chi connectivity index (χ1v) is 9.01. The highest BCUT2D eigenvalue weighted by atomic mass is 32.1. The molecule has 0 bridgehead atoms. The lowest BCUT2D eigenvalue weighted by Gasteiger charge is -2.05. The van der Waals surface area contributed by atoms with Crippen molar-refractivity contribution in [1.82, 2.24) is 14.8 Å². The van der Waals surface area contributed by atoms with Gasteiger partial charge in [-0.3, -0.25) is 9.78 Å². The quantitative estimate of drug-likeness (QED) is 0.580. The van der Waals surface area contributed by atoms with Crippen molar-refractivity contribution in [2.75, 3.05) is 5.32 Å². The van der Waals surface area contributed by atoms with Crippen LogP contribution in [0.15, 0.2) is 72.4 Å². The second kappa shape index (κ2) is 6.93. The minimum Gasteiger partial charge on any atom is -0.322 e. The Bertz CT molecular complexity index is 1040. The van der Waals surface area contributed by atoms with Crippen LogP contribution in [0.25, 0.3) is 16.3 Å². The van der Waals surface area contributed by atoms with Crippen LogP contribution in [0.5, 0.6) is 0 Å². The van der Waals surface area contributed by atoms with E-state index < -0.39 is 0 Å². The zero-order valence-corrected chi connectivity index (χ0v) is 14.9. The van der Waals surface area contributed by atoms with E-state index >= 15 is 0 Å². The molecule has 4 aromatic rings. The molecule has 6 heteroatoms. The van der Waals surface area contributed by atoms with Gasteiger partial charge in [-0.05, 0) is 42.6 Å². The molecule has 0 spiro atoms. The third kappa shape index (κ3) is 3.27. The van der Waals surface area contributed by atoms with Gasteiger partial charge in [-0.1, -0.05) is 24.3 Å². The number of thiophene rings is 1. The van der Waals surface area contributed by atoms with Gasteiger partial charge in [0.2, 0.25) is 0 Å². The highest BCUT2D eigenvalue weighted by Gasteiger charge is 2.19. The van der Waals surface area contributed by atoms with Crippen molar-refractivity contribution in [3.05, 3.63) is 83.6 Å². The molecule has 0 saturated heterocycles. The summed E-state index contributed by atoms with van der Waals surface area (Å²) in [5, 5.41) is 9.57. The first kappa shape index (κ1) is 16.2. The monoisotopic (exact) mass is 360 g/mol. The Morgan fingerprint density at radius 1 is 1.12 bits per heavy atom. The maximum absolute atomic E-state index is 12.9. The van der Waals surface area contributed by atoms with Crippen LogP contribution in [0, 0.1) is 6.92 Å². The van der Waals surface area contributed by atoms with Gasteiger partial charge in [0.05, 0.1) is 16.1 Å². The molecule has 26 heavy (non-hydrogen) atoms. The molecule has 3 heterocycles. The van der Waals surface area contributed by atoms with Gasteiger partial charge in [-0.25, -0.2) is 4.68 Å². The fraction of sp³-hybridized carbons (Fsp3) is 0.0500. The molecule has 0 fully saturated rings. The smallest absolute Gasteiger partial charge is 0.259 e. The molecular weight excluding hydrogens is 344 g/mol. The van der Waals surface area contributed by atoms with E-state index in [9.17, 15) is 4.79 Å². The number of carbonyl (C=O) groups excluding carboxylic acids is 1. The highest BCUT2D eigenvalue weighted by Crippen LogP contribution is 2.28. The van der Waals surface area contributed by atoms with E-state index in [0.717, 1.165) is 16.3 Å². The van der Waals surface area contributed by atoms with Crippen LogP contribution in [0.3, 0.4) is 0 Å². The molecule has 1 N–H and O–H groups in total. The summed E-state index contributed by atoms with van der Waals surface area (Å²) in [5.41, 5.74) is 3.68. The molecule has 0 unspecified atom stereocenters. The summed E-state index contributed by atoms with van der Waals surface area (Å²) in [6.07, 6.45) is 3.45. The minimum atomic E-state index is -0.193. The summed E-state index contributed by atoms with van der Waals surface area (Å²) in [6, 6.07) is 17.3. The normalized spacial score (nSPS) is 10.7. The maximum Gasteiger partial charge on any atom is 0.259 e. The third-order valence-electron chi connectivity index (χ3n) is 3.89. The molecule has 4 rings (SSSR count). The standard InChI is InChI=1S/C20H16N4OS/c1-14-12-15(9-10-21-14)22-20(25)17-13-24(16-6-3-2-4-7-16)23-19(17)18-8-5-11-26-18/h2-13H,1H3,(H,21,22,25). The van der Waals surface area contributed by atoms with Gasteiger partial charge in [0, 0.05) is 23.8 Å². The number of amides is 1. The van der Waals surface area contributed by atoms with Crippen molar-refractivity contribution in [1.29, 1.82) is 0 Å². The lowest BCUT2D eigenvalue weighted by atomic mass is 10.2. The average Bonchev–Trinajstić information content (AvgIpc) is 3.32. The Balaban J connectivity index is 1.74. The van der Waals surface area contributed by atoms with Gasteiger partial charge >= 0.3 is 0 Å². The van der Waals surface area contributed by atoms with Crippen molar-refractivity contribution in [2.45, 2.75) is 6.92 Å². The molecule has 0 aliphatic heterocycles. The molecule has 1 amide bonds. The third-order valence-corrected chi connectivity index (χ3v) is 4.77. The largest absolute Gasteiger partial charge is 0.322 e. The molecular formula is C20H16N4OS. The van der Waals surface area contributed by atoms with Crippen molar-refractivity contribution < 1.29 is 4.79 Å². The second-order valence-electron chi connectivity index (χ2n) is 5.79. The first-order valence-electron chi connectivity index (χ1n) is 8.14. The van der Waals surface area contributed by atoms with E-state index in [-0.39, 0.29) is 5.91 Å².